The molecular formula is C17H24N2O6. The van der Waals surface area contributed by atoms with Crippen LogP contribution in [0.15, 0.2) is 24.3 Å². The van der Waals surface area contributed by atoms with Crippen LogP contribution in [-0.4, -0.2) is 55.9 Å². The topological polar surface area (TPSA) is 114 Å². The molecule has 1 aromatic rings. The summed E-state index contributed by atoms with van der Waals surface area (Å²) in [6, 6.07) is 5.39. The molecule has 0 radical (unpaired) electrons. The van der Waals surface area contributed by atoms with Gasteiger partial charge in [0, 0.05) is 13.7 Å². The normalized spacial score (nSPS) is 11.6. The van der Waals surface area contributed by atoms with E-state index in [9.17, 15) is 19.5 Å². The highest BCUT2D eigenvalue weighted by molar-refractivity contribution is 6.02. The van der Waals surface area contributed by atoms with Crippen LogP contribution in [-0.2, 0) is 19.1 Å². The number of carbonyl (C=O) groups is 3. The third-order valence-electron chi connectivity index (χ3n) is 3.30. The molecule has 1 rings (SSSR count). The summed E-state index contributed by atoms with van der Waals surface area (Å²) in [6.07, 6.45) is 0.368. The molecule has 0 aliphatic carbocycles. The largest absolute Gasteiger partial charge is 0.480 e. The van der Waals surface area contributed by atoms with Gasteiger partial charge in [0.2, 0.25) is 5.91 Å². The number of aliphatic carboxylic acids is 1. The van der Waals surface area contributed by atoms with Gasteiger partial charge in [-0.1, -0.05) is 12.1 Å². The molecule has 0 spiro atoms. The lowest BCUT2D eigenvalue weighted by Crippen LogP contribution is -2.40. The minimum absolute atomic E-state index is 0.216. The molecule has 138 valence electrons. The van der Waals surface area contributed by atoms with E-state index in [4.69, 9.17) is 9.47 Å². The van der Waals surface area contributed by atoms with E-state index in [1.54, 1.807) is 32.2 Å². The van der Waals surface area contributed by atoms with Gasteiger partial charge in [-0.05, 0) is 32.0 Å². The van der Waals surface area contributed by atoms with Gasteiger partial charge in [-0.25, -0.2) is 4.79 Å². The summed E-state index contributed by atoms with van der Waals surface area (Å²) in [4.78, 5) is 35.3. The molecule has 0 aliphatic rings. The van der Waals surface area contributed by atoms with E-state index < -0.39 is 23.9 Å². The smallest absolute Gasteiger partial charge is 0.340 e. The SMILES string of the molecule is CCOC(=O)c1ccccc1NC(=O)CC(NCCCOC)C(=O)O. The standard InChI is InChI=1S/C17H24N2O6/c1-3-25-17(23)12-7-4-5-8-13(12)19-15(20)11-14(16(21)22)18-9-6-10-24-2/h4-5,7-8,14,18H,3,6,9-11H2,1-2H3,(H,19,20)(H,21,22). The maximum Gasteiger partial charge on any atom is 0.340 e. The van der Waals surface area contributed by atoms with Gasteiger partial charge < -0.3 is 25.2 Å². The lowest BCUT2D eigenvalue weighted by Gasteiger charge is -2.15. The van der Waals surface area contributed by atoms with Gasteiger partial charge in [0.25, 0.3) is 0 Å². The Kier molecular flexibility index (Phi) is 9.20. The summed E-state index contributed by atoms with van der Waals surface area (Å²) in [7, 11) is 1.56. The molecule has 25 heavy (non-hydrogen) atoms. The van der Waals surface area contributed by atoms with Gasteiger partial charge in [0.15, 0.2) is 0 Å². The molecule has 3 N–H and O–H groups in total. The molecule has 8 nitrogen and oxygen atoms in total. The molecule has 1 amide bonds. The van der Waals surface area contributed by atoms with Crippen molar-refractivity contribution in [2.24, 2.45) is 0 Å². The van der Waals surface area contributed by atoms with E-state index in [0.717, 1.165) is 0 Å². The molecule has 0 saturated heterocycles. The van der Waals surface area contributed by atoms with Crippen molar-refractivity contribution >= 4 is 23.5 Å². The summed E-state index contributed by atoms with van der Waals surface area (Å²) in [5.41, 5.74) is 0.507. The van der Waals surface area contributed by atoms with Gasteiger partial charge in [-0.15, -0.1) is 0 Å². The number of esters is 1. The van der Waals surface area contributed by atoms with E-state index in [0.29, 0.717) is 19.6 Å². The van der Waals surface area contributed by atoms with Gasteiger partial charge in [-0.3, -0.25) is 9.59 Å². The predicted octanol–water partition coefficient (Wildman–Crippen LogP) is 1.27. The number of carboxylic acid groups (broad SMARTS) is 1. The Balaban J connectivity index is 2.68. The number of anilines is 1. The molecule has 0 aliphatic heterocycles. The molecule has 0 saturated carbocycles. The maximum absolute atomic E-state index is 12.2. The number of hydrogen-bond donors (Lipinski definition) is 3. The quantitative estimate of drug-likeness (QED) is 0.406. The van der Waals surface area contributed by atoms with Crippen LogP contribution in [0.3, 0.4) is 0 Å². The van der Waals surface area contributed by atoms with Crippen molar-refractivity contribution in [1.29, 1.82) is 0 Å². The molecule has 0 fully saturated rings. The van der Waals surface area contributed by atoms with Crippen molar-refractivity contribution in [3.63, 3.8) is 0 Å². The second kappa shape index (κ2) is 11.2. The Labute approximate surface area is 146 Å². The number of para-hydroxylation sites is 1. The first-order valence-electron chi connectivity index (χ1n) is 8.00. The monoisotopic (exact) mass is 352 g/mol. The van der Waals surface area contributed by atoms with Crippen LogP contribution in [0.5, 0.6) is 0 Å². The number of hydrogen-bond acceptors (Lipinski definition) is 6. The number of ether oxygens (including phenoxy) is 2. The Morgan fingerprint density at radius 2 is 1.96 bits per heavy atom. The van der Waals surface area contributed by atoms with Crippen LogP contribution in [0, 0.1) is 0 Å². The number of carboxylic acids is 1. The third-order valence-corrected chi connectivity index (χ3v) is 3.30. The third kappa shape index (κ3) is 7.32. The van der Waals surface area contributed by atoms with Crippen molar-refractivity contribution in [2.45, 2.75) is 25.8 Å². The Morgan fingerprint density at radius 3 is 2.60 bits per heavy atom. The van der Waals surface area contributed by atoms with Crippen LogP contribution in [0.1, 0.15) is 30.1 Å². The fourth-order valence-electron chi connectivity index (χ4n) is 2.11. The van der Waals surface area contributed by atoms with Gasteiger partial charge in [-0.2, -0.15) is 0 Å². The van der Waals surface area contributed by atoms with Crippen LogP contribution in [0.25, 0.3) is 0 Å². The average Bonchev–Trinajstić information content (AvgIpc) is 2.58. The van der Waals surface area contributed by atoms with Crippen molar-refractivity contribution in [2.75, 3.05) is 32.2 Å². The second-order valence-corrected chi connectivity index (χ2v) is 5.21. The molecule has 1 atom stereocenters. The number of methoxy groups -OCH3 is 1. The fourth-order valence-corrected chi connectivity index (χ4v) is 2.11. The van der Waals surface area contributed by atoms with Crippen LogP contribution >= 0.6 is 0 Å². The number of amides is 1. The Hall–Kier alpha value is -2.45. The highest BCUT2D eigenvalue weighted by atomic mass is 16.5. The zero-order valence-corrected chi connectivity index (χ0v) is 14.4. The maximum atomic E-state index is 12.2. The number of rotatable bonds is 11. The summed E-state index contributed by atoms with van der Waals surface area (Å²) < 4.78 is 9.83. The molecule has 8 heteroatoms. The molecule has 0 heterocycles. The van der Waals surface area contributed by atoms with E-state index in [-0.39, 0.29) is 24.3 Å². The lowest BCUT2D eigenvalue weighted by atomic mass is 10.1. The number of benzene rings is 1. The first-order valence-corrected chi connectivity index (χ1v) is 8.00. The summed E-state index contributed by atoms with van der Waals surface area (Å²) in [5, 5.41) is 14.6. The highest BCUT2D eigenvalue weighted by Crippen LogP contribution is 2.16. The zero-order valence-electron chi connectivity index (χ0n) is 14.4. The molecule has 1 unspecified atom stereocenters. The fraction of sp³-hybridized carbons (Fsp3) is 0.471. The first-order chi connectivity index (χ1) is 12.0. The Morgan fingerprint density at radius 1 is 1.24 bits per heavy atom. The van der Waals surface area contributed by atoms with Crippen LogP contribution in [0.4, 0.5) is 5.69 Å². The zero-order chi connectivity index (χ0) is 18.7. The first kappa shape index (κ1) is 20.6. The van der Waals surface area contributed by atoms with Gasteiger partial charge >= 0.3 is 11.9 Å². The second-order valence-electron chi connectivity index (χ2n) is 5.21. The minimum Gasteiger partial charge on any atom is -0.480 e. The Bertz CT molecular complexity index is 590. The van der Waals surface area contributed by atoms with Crippen molar-refractivity contribution in [3.8, 4) is 0 Å². The van der Waals surface area contributed by atoms with E-state index >= 15 is 0 Å². The van der Waals surface area contributed by atoms with Crippen molar-refractivity contribution < 1.29 is 29.0 Å². The summed E-state index contributed by atoms with van der Waals surface area (Å²) in [6.45, 7) is 2.81. The van der Waals surface area contributed by atoms with Crippen LogP contribution in [0.2, 0.25) is 0 Å². The number of carbonyl (C=O) groups excluding carboxylic acids is 2. The van der Waals surface area contributed by atoms with E-state index in [2.05, 4.69) is 10.6 Å². The highest BCUT2D eigenvalue weighted by Gasteiger charge is 2.21. The van der Waals surface area contributed by atoms with E-state index in [1.807, 2.05) is 0 Å². The average molecular weight is 352 g/mol. The van der Waals surface area contributed by atoms with Gasteiger partial charge in [0.1, 0.15) is 6.04 Å². The molecule has 0 aromatic heterocycles. The molecule has 0 bridgehead atoms. The lowest BCUT2D eigenvalue weighted by molar-refractivity contribution is -0.141. The summed E-state index contributed by atoms with van der Waals surface area (Å²) in [5.74, 6) is -2.18. The van der Waals surface area contributed by atoms with Crippen molar-refractivity contribution in [3.05, 3.63) is 29.8 Å². The molecular weight excluding hydrogens is 328 g/mol. The van der Waals surface area contributed by atoms with Crippen molar-refractivity contribution in [1.82, 2.24) is 5.32 Å². The minimum atomic E-state index is -1.12. The number of nitrogens with one attached hydrogen (secondary N) is 2. The molecule has 1 aromatic carbocycles. The van der Waals surface area contributed by atoms with Crippen LogP contribution < -0.4 is 10.6 Å². The summed E-state index contributed by atoms with van der Waals surface area (Å²) >= 11 is 0. The van der Waals surface area contributed by atoms with E-state index in [1.165, 1.54) is 6.07 Å². The van der Waals surface area contributed by atoms with Gasteiger partial charge in [0.05, 0.1) is 24.3 Å². The predicted molar refractivity (Wildman–Crippen MR) is 91.6 cm³/mol.